The van der Waals surface area contributed by atoms with E-state index in [1.54, 1.807) is 7.11 Å². The second-order valence-electron chi connectivity index (χ2n) is 9.48. The Morgan fingerprint density at radius 2 is 1.97 bits per heavy atom. The van der Waals surface area contributed by atoms with E-state index in [0.717, 1.165) is 31.8 Å². The van der Waals surface area contributed by atoms with Crippen LogP contribution in [0.25, 0.3) is 0 Å². The minimum Gasteiger partial charge on any atom is -0.497 e. The van der Waals surface area contributed by atoms with E-state index in [0.29, 0.717) is 45.3 Å². The third-order valence-corrected chi connectivity index (χ3v) is 7.33. The summed E-state index contributed by atoms with van der Waals surface area (Å²) in [4.78, 5) is 32.6. The number of benzene rings is 1. The van der Waals surface area contributed by atoms with Gasteiger partial charge in [0.25, 0.3) is 0 Å². The van der Waals surface area contributed by atoms with Crippen molar-refractivity contribution in [1.29, 1.82) is 0 Å². The summed E-state index contributed by atoms with van der Waals surface area (Å²) in [6.45, 7) is 6.08. The Morgan fingerprint density at radius 1 is 1.16 bits per heavy atom. The number of ether oxygens (including phenoxy) is 2. The van der Waals surface area contributed by atoms with Gasteiger partial charge in [-0.05, 0) is 36.8 Å². The molecular formula is C24H34N4O4. The van der Waals surface area contributed by atoms with Crippen LogP contribution in [0.1, 0.15) is 18.4 Å². The van der Waals surface area contributed by atoms with Gasteiger partial charge in [-0.15, -0.1) is 0 Å². The number of anilines is 1. The van der Waals surface area contributed by atoms with E-state index in [2.05, 4.69) is 27.2 Å². The van der Waals surface area contributed by atoms with Crippen LogP contribution < -0.4 is 15.0 Å². The van der Waals surface area contributed by atoms with E-state index in [1.807, 2.05) is 11.0 Å². The van der Waals surface area contributed by atoms with Crippen LogP contribution in [-0.2, 0) is 20.7 Å². The Hall–Kier alpha value is -2.32. The van der Waals surface area contributed by atoms with Crippen LogP contribution in [-0.4, -0.2) is 93.8 Å². The van der Waals surface area contributed by atoms with E-state index in [4.69, 9.17) is 9.47 Å². The topological polar surface area (TPSA) is 74.3 Å². The summed E-state index contributed by atoms with van der Waals surface area (Å²) < 4.78 is 10.8. The first-order valence-electron chi connectivity index (χ1n) is 11.9. The fourth-order valence-corrected chi connectivity index (χ4v) is 5.21. The number of fused-ring (bicyclic) bond motifs is 3. The highest BCUT2D eigenvalue weighted by atomic mass is 16.5. The molecule has 0 spiro atoms. The Morgan fingerprint density at radius 3 is 2.72 bits per heavy atom. The van der Waals surface area contributed by atoms with E-state index in [9.17, 15) is 9.59 Å². The van der Waals surface area contributed by atoms with Gasteiger partial charge in [-0.1, -0.05) is 6.07 Å². The van der Waals surface area contributed by atoms with Crippen molar-refractivity contribution in [2.45, 2.75) is 25.3 Å². The van der Waals surface area contributed by atoms with Gasteiger partial charge in [0.2, 0.25) is 11.8 Å². The lowest BCUT2D eigenvalue weighted by molar-refractivity contribution is -0.136. The number of amides is 2. The fraction of sp³-hybridized carbons (Fsp3) is 0.667. The zero-order valence-corrected chi connectivity index (χ0v) is 18.9. The van der Waals surface area contributed by atoms with Gasteiger partial charge in [-0.2, -0.15) is 0 Å². The molecule has 4 aliphatic rings. The predicted molar refractivity (Wildman–Crippen MR) is 121 cm³/mol. The first kappa shape index (κ1) is 21.5. The summed E-state index contributed by atoms with van der Waals surface area (Å²) in [5.74, 6) is 1.69. The maximum atomic E-state index is 13.2. The number of carbonyl (C=O) groups is 2. The number of hydrogen-bond acceptors (Lipinski definition) is 6. The highest BCUT2D eigenvalue weighted by Gasteiger charge is 2.42. The number of nitrogens with one attached hydrogen (secondary N) is 1. The molecule has 1 N–H and O–H groups in total. The molecule has 2 amide bonds. The molecule has 3 heterocycles. The zero-order valence-electron chi connectivity index (χ0n) is 18.9. The molecule has 1 aromatic carbocycles. The van der Waals surface area contributed by atoms with E-state index in [1.165, 1.54) is 24.1 Å². The third kappa shape index (κ3) is 4.57. The summed E-state index contributed by atoms with van der Waals surface area (Å²) in [6, 6.07) is 6.23. The summed E-state index contributed by atoms with van der Waals surface area (Å²) in [5.41, 5.74) is 2.37. The highest BCUT2D eigenvalue weighted by Crippen LogP contribution is 2.38. The molecule has 0 unspecified atom stereocenters. The number of morpholine rings is 1. The largest absolute Gasteiger partial charge is 0.497 e. The lowest BCUT2D eigenvalue weighted by Gasteiger charge is -2.49. The van der Waals surface area contributed by atoms with Gasteiger partial charge in [-0.3, -0.25) is 14.5 Å². The first-order chi connectivity index (χ1) is 15.6. The summed E-state index contributed by atoms with van der Waals surface area (Å²) >= 11 is 0. The first-order valence-corrected chi connectivity index (χ1v) is 11.9. The minimum absolute atomic E-state index is 0.0556. The van der Waals surface area contributed by atoms with Gasteiger partial charge in [0, 0.05) is 51.0 Å². The molecule has 3 fully saturated rings. The molecular weight excluding hydrogens is 408 g/mol. The molecule has 8 nitrogen and oxygen atoms in total. The number of nitrogens with zero attached hydrogens (tertiary/aromatic N) is 3. The van der Waals surface area contributed by atoms with Crippen molar-refractivity contribution in [2.24, 2.45) is 11.8 Å². The summed E-state index contributed by atoms with van der Waals surface area (Å²) in [5, 5.41) is 3.21. The Kier molecular flexibility index (Phi) is 6.24. The third-order valence-electron chi connectivity index (χ3n) is 7.33. The average Bonchev–Trinajstić information content (AvgIpc) is 3.66. The van der Waals surface area contributed by atoms with Crippen molar-refractivity contribution < 1.29 is 19.1 Å². The van der Waals surface area contributed by atoms with Crippen LogP contribution in [0.3, 0.4) is 0 Å². The molecule has 1 aromatic rings. The minimum atomic E-state index is -0.115. The maximum absolute atomic E-state index is 13.2. The monoisotopic (exact) mass is 442 g/mol. The van der Waals surface area contributed by atoms with Crippen molar-refractivity contribution in [1.82, 2.24) is 15.1 Å². The van der Waals surface area contributed by atoms with Crippen LogP contribution in [0.5, 0.6) is 5.75 Å². The number of methoxy groups -OCH3 is 1. The van der Waals surface area contributed by atoms with Gasteiger partial charge in [-0.25, -0.2) is 0 Å². The Bertz CT molecular complexity index is 852. The van der Waals surface area contributed by atoms with E-state index >= 15 is 0 Å². The van der Waals surface area contributed by atoms with Crippen molar-refractivity contribution in [2.75, 3.05) is 71.0 Å². The van der Waals surface area contributed by atoms with Gasteiger partial charge in [0.15, 0.2) is 0 Å². The molecule has 174 valence electrons. The van der Waals surface area contributed by atoms with Crippen molar-refractivity contribution in [3.63, 3.8) is 0 Å². The van der Waals surface area contributed by atoms with Crippen LogP contribution in [0.2, 0.25) is 0 Å². The zero-order chi connectivity index (χ0) is 22.1. The molecule has 0 bridgehead atoms. The standard InChI is InChI=1S/C24H34N4O4/c1-31-19-5-4-18-12-20(24(30)25-14-17-2-3-17)22-15-26(6-7-28(22)21(18)13-19)16-23(29)27-8-10-32-11-9-27/h4-5,13,17,20,22H,2-3,6-12,14-16H2,1H3,(H,25,30)/t20-,22-/m0/s1. The predicted octanol–water partition coefficient (Wildman–Crippen LogP) is 0.743. The normalized spacial score (nSPS) is 25.7. The van der Waals surface area contributed by atoms with Crippen LogP contribution in [0, 0.1) is 11.8 Å². The van der Waals surface area contributed by atoms with Crippen LogP contribution in [0.4, 0.5) is 5.69 Å². The Balaban J connectivity index is 1.32. The summed E-state index contributed by atoms with van der Waals surface area (Å²) in [7, 11) is 1.69. The molecule has 2 atom stereocenters. The number of hydrogen-bond donors (Lipinski definition) is 1. The molecule has 0 aromatic heterocycles. The van der Waals surface area contributed by atoms with Crippen LogP contribution >= 0.6 is 0 Å². The van der Waals surface area contributed by atoms with E-state index < -0.39 is 0 Å². The number of rotatable bonds is 6. The van der Waals surface area contributed by atoms with Crippen molar-refractivity contribution >= 4 is 17.5 Å². The fourth-order valence-electron chi connectivity index (χ4n) is 5.21. The summed E-state index contributed by atoms with van der Waals surface area (Å²) in [6.07, 6.45) is 3.17. The van der Waals surface area contributed by atoms with Gasteiger partial charge in [0.1, 0.15) is 5.75 Å². The molecule has 8 heteroatoms. The molecule has 1 saturated carbocycles. The second-order valence-corrected chi connectivity index (χ2v) is 9.48. The second kappa shape index (κ2) is 9.27. The number of piperazine rings is 1. The van der Waals surface area contributed by atoms with Gasteiger partial charge in [0.05, 0.1) is 38.8 Å². The maximum Gasteiger partial charge on any atom is 0.236 e. The molecule has 3 aliphatic heterocycles. The highest BCUT2D eigenvalue weighted by molar-refractivity contribution is 5.82. The molecule has 32 heavy (non-hydrogen) atoms. The van der Waals surface area contributed by atoms with E-state index in [-0.39, 0.29) is 23.8 Å². The molecule has 0 radical (unpaired) electrons. The smallest absolute Gasteiger partial charge is 0.236 e. The molecule has 1 aliphatic carbocycles. The SMILES string of the molecule is COc1ccc2c(c1)N1CCN(CC(=O)N3CCOCC3)C[C@H]1[C@@H](C(=O)NCC1CC1)C2. The lowest BCUT2D eigenvalue weighted by Crippen LogP contribution is -2.62. The Labute approximate surface area is 189 Å². The molecule has 5 rings (SSSR count). The quantitative estimate of drug-likeness (QED) is 0.701. The lowest BCUT2D eigenvalue weighted by atomic mass is 9.83. The van der Waals surface area contributed by atoms with Crippen LogP contribution in [0.15, 0.2) is 18.2 Å². The number of carbonyl (C=O) groups excluding carboxylic acids is 2. The van der Waals surface area contributed by atoms with Crippen molar-refractivity contribution in [3.05, 3.63) is 23.8 Å². The van der Waals surface area contributed by atoms with Gasteiger partial charge < -0.3 is 24.6 Å². The van der Waals surface area contributed by atoms with Gasteiger partial charge >= 0.3 is 0 Å². The average molecular weight is 443 g/mol. The van der Waals surface area contributed by atoms with Crippen molar-refractivity contribution in [3.8, 4) is 5.75 Å². The molecule has 2 saturated heterocycles.